The van der Waals surface area contributed by atoms with Crippen LogP contribution in [0.2, 0.25) is 0 Å². The second-order valence-electron chi connectivity index (χ2n) is 5.90. The zero-order valence-corrected chi connectivity index (χ0v) is 12.8. The summed E-state index contributed by atoms with van der Waals surface area (Å²) < 4.78 is 10.9. The van der Waals surface area contributed by atoms with Gasteiger partial charge in [0.2, 0.25) is 0 Å². The Morgan fingerprint density at radius 1 is 1.11 bits per heavy atom. The third kappa shape index (κ3) is 2.84. The van der Waals surface area contributed by atoms with Gasteiger partial charge in [-0.1, -0.05) is 19.9 Å². The van der Waals surface area contributed by atoms with Gasteiger partial charge in [-0.3, -0.25) is 0 Å². The normalized spacial score (nSPS) is 25.9. The maximum absolute atomic E-state index is 11.1. The van der Waals surface area contributed by atoms with Crippen LogP contribution in [0.15, 0.2) is 18.2 Å². The van der Waals surface area contributed by atoms with Crippen LogP contribution in [0.4, 0.5) is 0 Å². The lowest BCUT2D eigenvalue weighted by Crippen LogP contribution is -2.40. The second kappa shape index (κ2) is 5.25. The van der Waals surface area contributed by atoms with Crippen molar-refractivity contribution in [3.8, 4) is 11.5 Å². The Morgan fingerprint density at radius 2 is 1.68 bits per heavy atom. The van der Waals surface area contributed by atoms with E-state index in [1.807, 2.05) is 18.2 Å². The Hall–Kier alpha value is -0.870. The van der Waals surface area contributed by atoms with Crippen molar-refractivity contribution in [1.82, 2.24) is 0 Å². The van der Waals surface area contributed by atoms with Crippen molar-refractivity contribution in [2.45, 2.75) is 25.9 Å². The minimum absolute atomic E-state index is 0.101. The van der Waals surface area contributed by atoms with Crippen LogP contribution in [0.25, 0.3) is 0 Å². The highest BCUT2D eigenvalue weighted by Crippen LogP contribution is 2.49. The molecule has 1 heterocycles. The first-order valence-corrected chi connectivity index (χ1v) is 7.59. The van der Waals surface area contributed by atoms with E-state index in [0.29, 0.717) is 23.7 Å². The topological polar surface area (TPSA) is 38.7 Å². The van der Waals surface area contributed by atoms with Gasteiger partial charge in [0.1, 0.15) is 17.1 Å². The van der Waals surface area contributed by atoms with Gasteiger partial charge in [0, 0.05) is 5.75 Å². The summed E-state index contributed by atoms with van der Waals surface area (Å²) in [6.45, 7) is 4.37. The van der Waals surface area contributed by atoms with Gasteiger partial charge in [0.25, 0.3) is 0 Å². The molecule has 1 aromatic carbocycles. The number of benzene rings is 1. The molecule has 1 aliphatic heterocycles. The first-order chi connectivity index (χ1) is 8.92. The summed E-state index contributed by atoms with van der Waals surface area (Å²) in [4.78, 5) is 0. The molecule has 106 valence electrons. The van der Waals surface area contributed by atoms with Gasteiger partial charge in [0.15, 0.2) is 0 Å². The Labute approximate surface area is 119 Å². The average molecular weight is 282 g/mol. The van der Waals surface area contributed by atoms with Gasteiger partial charge in [-0.05, 0) is 29.7 Å². The summed E-state index contributed by atoms with van der Waals surface area (Å²) in [5.41, 5.74) is -0.0197. The average Bonchev–Trinajstić information content (AvgIpc) is 2.36. The third-order valence-electron chi connectivity index (χ3n) is 3.50. The Bertz CT molecular complexity index is 436. The molecule has 1 fully saturated rings. The molecule has 2 rings (SSSR count). The molecule has 0 amide bonds. The minimum Gasteiger partial charge on any atom is -0.496 e. The lowest BCUT2D eigenvalue weighted by Gasteiger charge is -2.42. The first-order valence-electron chi connectivity index (χ1n) is 6.43. The Kier molecular flexibility index (Phi) is 4.02. The molecule has 1 saturated heterocycles. The van der Waals surface area contributed by atoms with E-state index in [4.69, 9.17) is 9.47 Å². The number of aliphatic hydroxyl groups is 1. The number of thioether (sulfide) groups is 1. The number of hydrogen-bond acceptors (Lipinski definition) is 4. The summed E-state index contributed by atoms with van der Waals surface area (Å²) in [7, 11) is 3.26. The van der Waals surface area contributed by atoms with E-state index in [0.717, 1.165) is 11.3 Å². The molecule has 4 heteroatoms. The zero-order chi connectivity index (χ0) is 14.1. The van der Waals surface area contributed by atoms with Crippen LogP contribution in [0.1, 0.15) is 25.8 Å². The van der Waals surface area contributed by atoms with Crippen LogP contribution in [0, 0.1) is 5.41 Å². The van der Waals surface area contributed by atoms with Crippen molar-refractivity contribution in [2.75, 3.05) is 25.7 Å². The van der Waals surface area contributed by atoms with Gasteiger partial charge in [-0.15, -0.1) is 0 Å². The lowest BCUT2D eigenvalue weighted by atomic mass is 9.78. The molecule has 3 nitrogen and oxygen atoms in total. The highest BCUT2D eigenvalue weighted by atomic mass is 32.2. The Balaban J connectivity index is 2.50. The van der Waals surface area contributed by atoms with Crippen molar-refractivity contribution < 1.29 is 14.6 Å². The predicted molar refractivity (Wildman–Crippen MR) is 79.2 cm³/mol. The summed E-state index contributed by atoms with van der Waals surface area (Å²) >= 11 is 1.78. The van der Waals surface area contributed by atoms with E-state index in [1.165, 1.54) is 0 Å². The molecular formula is C15H22O3S. The van der Waals surface area contributed by atoms with Gasteiger partial charge in [0.05, 0.1) is 19.8 Å². The molecule has 0 bridgehead atoms. The first kappa shape index (κ1) is 14.5. The predicted octanol–water partition coefficient (Wildman–Crippen LogP) is 3.05. The number of hydrogen-bond donors (Lipinski definition) is 1. The van der Waals surface area contributed by atoms with Crippen molar-refractivity contribution >= 4 is 11.8 Å². The molecule has 0 radical (unpaired) electrons. The third-order valence-corrected chi connectivity index (χ3v) is 5.17. The minimum atomic E-state index is -0.898. The quantitative estimate of drug-likeness (QED) is 0.925. The van der Waals surface area contributed by atoms with Crippen LogP contribution < -0.4 is 9.47 Å². The van der Waals surface area contributed by atoms with Crippen LogP contribution >= 0.6 is 11.8 Å². The van der Waals surface area contributed by atoms with Crippen molar-refractivity contribution in [2.24, 2.45) is 5.41 Å². The summed E-state index contributed by atoms with van der Waals surface area (Å²) in [5, 5.41) is 11.1. The van der Waals surface area contributed by atoms with Crippen LogP contribution in [-0.4, -0.2) is 30.8 Å². The number of methoxy groups -OCH3 is 2. The number of ether oxygens (including phenoxy) is 2. The van der Waals surface area contributed by atoms with E-state index in [1.54, 1.807) is 26.0 Å². The fraction of sp³-hybridized carbons (Fsp3) is 0.600. The SMILES string of the molecule is COc1cccc(OC)c1C1(O)CSCC(C)(C)C1. The fourth-order valence-electron chi connectivity index (χ4n) is 2.86. The van der Waals surface area contributed by atoms with Gasteiger partial charge < -0.3 is 14.6 Å². The van der Waals surface area contributed by atoms with Crippen LogP contribution in [-0.2, 0) is 5.60 Å². The van der Waals surface area contributed by atoms with Gasteiger partial charge in [-0.25, -0.2) is 0 Å². The maximum Gasteiger partial charge on any atom is 0.128 e. The summed E-state index contributed by atoms with van der Waals surface area (Å²) in [6, 6.07) is 5.63. The van der Waals surface area contributed by atoms with Crippen LogP contribution in [0.3, 0.4) is 0 Å². The molecule has 1 aliphatic rings. The molecule has 1 atom stereocenters. The molecule has 0 saturated carbocycles. The largest absolute Gasteiger partial charge is 0.496 e. The molecule has 0 aromatic heterocycles. The van der Waals surface area contributed by atoms with Crippen molar-refractivity contribution in [3.05, 3.63) is 23.8 Å². The van der Waals surface area contributed by atoms with E-state index < -0.39 is 5.60 Å². The lowest BCUT2D eigenvalue weighted by molar-refractivity contribution is 0.0116. The van der Waals surface area contributed by atoms with Crippen molar-refractivity contribution in [3.63, 3.8) is 0 Å². The van der Waals surface area contributed by atoms with E-state index in [2.05, 4.69) is 13.8 Å². The molecule has 1 N–H and O–H groups in total. The highest BCUT2D eigenvalue weighted by molar-refractivity contribution is 7.99. The van der Waals surface area contributed by atoms with E-state index in [9.17, 15) is 5.11 Å². The molecule has 0 spiro atoms. The van der Waals surface area contributed by atoms with Crippen molar-refractivity contribution in [1.29, 1.82) is 0 Å². The Morgan fingerprint density at radius 3 is 2.16 bits per heavy atom. The molecule has 1 aromatic rings. The van der Waals surface area contributed by atoms with E-state index >= 15 is 0 Å². The highest BCUT2D eigenvalue weighted by Gasteiger charge is 2.43. The zero-order valence-electron chi connectivity index (χ0n) is 12.0. The van der Waals surface area contributed by atoms with Gasteiger partial charge in [-0.2, -0.15) is 11.8 Å². The summed E-state index contributed by atoms with van der Waals surface area (Å²) in [5.74, 6) is 3.13. The molecule has 19 heavy (non-hydrogen) atoms. The standard InChI is InChI=1S/C15H22O3S/c1-14(2)8-15(16,10-19-9-14)13-11(17-3)6-5-7-12(13)18-4/h5-7,16H,8-10H2,1-4H3. The smallest absolute Gasteiger partial charge is 0.128 e. The van der Waals surface area contributed by atoms with E-state index in [-0.39, 0.29) is 5.41 Å². The monoisotopic (exact) mass is 282 g/mol. The molecule has 0 aliphatic carbocycles. The number of rotatable bonds is 3. The second-order valence-corrected chi connectivity index (χ2v) is 6.89. The summed E-state index contributed by atoms with van der Waals surface area (Å²) in [6.07, 6.45) is 0.712. The molecule has 1 unspecified atom stereocenters. The van der Waals surface area contributed by atoms with Gasteiger partial charge >= 0.3 is 0 Å². The maximum atomic E-state index is 11.1. The molecular weight excluding hydrogens is 260 g/mol. The van der Waals surface area contributed by atoms with Crippen LogP contribution in [0.5, 0.6) is 11.5 Å². The fourth-order valence-corrected chi connectivity index (χ4v) is 4.20.